The van der Waals surface area contributed by atoms with Crippen molar-refractivity contribution in [1.29, 1.82) is 0 Å². The predicted octanol–water partition coefficient (Wildman–Crippen LogP) is 1.83. The number of piperazine rings is 1. The Labute approximate surface area is 143 Å². The summed E-state index contributed by atoms with van der Waals surface area (Å²) >= 11 is 0. The van der Waals surface area contributed by atoms with Crippen molar-refractivity contribution in [2.75, 3.05) is 38.7 Å². The Morgan fingerprint density at radius 1 is 1.17 bits per heavy atom. The van der Waals surface area contributed by atoms with Gasteiger partial charge in [-0.15, -0.1) is 0 Å². The Morgan fingerprint density at radius 3 is 2.25 bits per heavy atom. The van der Waals surface area contributed by atoms with Gasteiger partial charge in [0.25, 0.3) is 5.91 Å². The van der Waals surface area contributed by atoms with Crippen LogP contribution in [0.25, 0.3) is 0 Å². The average Bonchev–Trinajstić information content (AvgIpc) is 2.53. The maximum absolute atomic E-state index is 12.7. The molecule has 1 aliphatic heterocycles. The number of nitrogens with zero attached hydrogens (tertiary/aromatic N) is 2. The average molecular weight is 333 g/mol. The van der Waals surface area contributed by atoms with Crippen molar-refractivity contribution < 1.29 is 14.3 Å². The summed E-state index contributed by atoms with van der Waals surface area (Å²) in [5, 5.41) is 2.71. The van der Waals surface area contributed by atoms with Crippen molar-refractivity contribution in [3.05, 3.63) is 29.8 Å². The van der Waals surface area contributed by atoms with Crippen LogP contribution in [0.2, 0.25) is 0 Å². The minimum Gasteiger partial charge on any atom is -0.383 e. The van der Waals surface area contributed by atoms with E-state index in [2.05, 4.69) is 24.1 Å². The lowest BCUT2D eigenvalue weighted by molar-refractivity contribution is -0.114. The third-order valence-corrected chi connectivity index (χ3v) is 4.39. The number of rotatable bonds is 5. The van der Waals surface area contributed by atoms with E-state index >= 15 is 0 Å². The molecule has 2 unspecified atom stereocenters. The molecule has 1 fully saturated rings. The van der Waals surface area contributed by atoms with E-state index in [0.717, 1.165) is 6.54 Å². The minimum atomic E-state index is -0.121. The van der Waals surface area contributed by atoms with E-state index in [0.29, 0.717) is 43.0 Å². The molecule has 0 aliphatic carbocycles. The van der Waals surface area contributed by atoms with Crippen molar-refractivity contribution in [3.8, 4) is 0 Å². The molecule has 2 atom stereocenters. The normalized spacial score (nSPS) is 21.6. The maximum atomic E-state index is 12.7. The summed E-state index contributed by atoms with van der Waals surface area (Å²) in [4.78, 5) is 28.1. The van der Waals surface area contributed by atoms with Crippen molar-refractivity contribution in [1.82, 2.24) is 9.80 Å². The Bertz CT molecular complexity index is 561. The summed E-state index contributed by atoms with van der Waals surface area (Å²) in [6, 6.07) is 7.64. The Balaban J connectivity index is 2.01. The smallest absolute Gasteiger partial charge is 0.253 e. The summed E-state index contributed by atoms with van der Waals surface area (Å²) in [5.41, 5.74) is 1.35. The lowest BCUT2D eigenvalue weighted by Gasteiger charge is -2.44. The predicted molar refractivity (Wildman–Crippen MR) is 94.2 cm³/mol. The van der Waals surface area contributed by atoms with E-state index in [1.54, 1.807) is 31.4 Å². The Morgan fingerprint density at radius 2 is 1.75 bits per heavy atom. The first-order chi connectivity index (χ1) is 11.4. The molecule has 2 rings (SSSR count). The second kappa shape index (κ2) is 8.26. The number of hydrogen-bond acceptors (Lipinski definition) is 4. The highest BCUT2D eigenvalue weighted by atomic mass is 16.5. The van der Waals surface area contributed by atoms with E-state index < -0.39 is 0 Å². The van der Waals surface area contributed by atoms with E-state index in [1.165, 1.54) is 6.92 Å². The Hall–Kier alpha value is -1.92. The molecule has 1 saturated heterocycles. The van der Waals surface area contributed by atoms with Crippen LogP contribution in [0.4, 0.5) is 5.69 Å². The largest absolute Gasteiger partial charge is 0.383 e. The fourth-order valence-electron chi connectivity index (χ4n) is 3.24. The lowest BCUT2D eigenvalue weighted by atomic mass is 10.1. The van der Waals surface area contributed by atoms with Gasteiger partial charge in [-0.3, -0.25) is 14.5 Å². The van der Waals surface area contributed by atoms with Gasteiger partial charge in [0.05, 0.1) is 6.61 Å². The van der Waals surface area contributed by atoms with Gasteiger partial charge in [-0.2, -0.15) is 0 Å². The number of carbonyl (C=O) groups is 2. The zero-order valence-electron chi connectivity index (χ0n) is 14.9. The molecule has 6 heteroatoms. The van der Waals surface area contributed by atoms with Crippen LogP contribution < -0.4 is 5.32 Å². The molecule has 1 N–H and O–H groups in total. The van der Waals surface area contributed by atoms with Gasteiger partial charge in [0.15, 0.2) is 0 Å². The highest BCUT2D eigenvalue weighted by molar-refractivity contribution is 5.95. The number of amides is 2. The third kappa shape index (κ3) is 4.55. The van der Waals surface area contributed by atoms with Crippen LogP contribution in [-0.4, -0.2) is 67.0 Å². The molecule has 0 bridgehead atoms. The van der Waals surface area contributed by atoms with Crippen LogP contribution in [0.5, 0.6) is 0 Å². The summed E-state index contributed by atoms with van der Waals surface area (Å²) in [7, 11) is 1.71. The van der Waals surface area contributed by atoms with E-state index in [1.807, 2.05) is 4.90 Å². The minimum absolute atomic E-state index is 0.0365. The van der Waals surface area contributed by atoms with Gasteiger partial charge in [-0.05, 0) is 38.1 Å². The molecular weight excluding hydrogens is 306 g/mol. The molecular formula is C18H27N3O3. The van der Waals surface area contributed by atoms with Gasteiger partial charge in [0.1, 0.15) is 0 Å². The first-order valence-corrected chi connectivity index (χ1v) is 8.34. The lowest BCUT2D eigenvalue weighted by Crippen LogP contribution is -2.58. The summed E-state index contributed by atoms with van der Waals surface area (Å²) in [6.07, 6.45) is 0. The molecule has 1 aromatic rings. The van der Waals surface area contributed by atoms with Crippen molar-refractivity contribution in [3.63, 3.8) is 0 Å². The number of carbonyl (C=O) groups excluding carboxylic acids is 2. The van der Waals surface area contributed by atoms with Crippen molar-refractivity contribution >= 4 is 17.5 Å². The molecule has 1 aliphatic rings. The van der Waals surface area contributed by atoms with Crippen LogP contribution in [0.3, 0.4) is 0 Å². The summed E-state index contributed by atoms with van der Waals surface area (Å²) in [5.74, 6) is -0.0848. The van der Waals surface area contributed by atoms with E-state index in [4.69, 9.17) is 4.74 Å². The quantitative estimate of drug-likeness (QED) is 0.893. The number of benzene rings is 1. The van der Waals surface area contributed by atoms with Crippen LogP contribution in [0.15, 0.2) is 24.3 Å². The molecule has 0 radical (unpaired) electrons. The fourth-order valence-corrected chi connectivity index (χ4v) is 3.24. The van der Waals surface area contributed by atoms with E-state index in [-0.39, 0.29) is 11.8 Å². The topological polar surface area (TPSA) is 61.9 Å². The number of nitrogens with one attached hydrogen (secondary N) is 1. The van der Waals surface area contributed by atoms with Gasteiger partial charge in [0.2, 0.25) is 5.91 Å². The van der Waals surface area contributed by atoms with E-state index in [9.17, 15) is 9.59 Å². The number of methoxy groups -OCH3 is 1. The fraction of sp³-hybridized carbons (Fsp3) is 0.556. The Kier molecular flexibility index (Phi) is 6.34. The molecule has 24 heavy (non-hydrogen) atoms. The third-order valence-electron chi connectivity index (χ3n) is 4.39. The molecule has 0 spiro atoms. The highest BCUT2D eigenvalue weighted by Gasteiger charge is 2.31. The molecule has 0 saturated carbocycles. The molecule has 132 valence electrons. The molecule has 1 heterocycles. The summed E-state index contributed by atoms with van der Waals surface area (Å²) < 4.78 is 5.17. The molecule has 2 amide bonds. The molecule has 6 nitrogen and oxygen atoms in total. The van der Waals surface area contributed by atoms with Gasteiger partial charge < -0.3 is 15.0 Å². The summed E-state index contributed by atoms with van der Waals surface area (Å²) in [6.45, 7) is 8.75. The van der Waals surface area contributed by atoms with Crippen LogP contribution in [0.1, 0.15) is 31.1 Å². The van der Waals surface area contributed by atoms with Gasteiger partial charge in [-0.25, -0.2) is 0 Å². The maximum Gasteiger partial charge on any atom is 0.253 e. The SMILES string of the molecule is COCCN1C(C)CN(C(=O)c2ccc(NC(C)=O)cc2)CC1C. The number of anilines is 1. The van der Waals surface area contributed by atoms with Gasteiger partial charge in [-0.1, -0.05) is 0 Å². The van der Waals surface area contributed by atoms with Crippen LogP contribution in [-0.2, 0) is 9.53 Å². The van der Waals surface area contributed by atoms with Crippen LogP contribution in [0, 0.1) is 0 Å². The zero-order valence-corrected chi connectivity index (χ0v) is 14.9. The standard InChI is InChI=1S/C18H27N3O3/c1-13-11-20(12-14(2)21(13)9-10-24-4)18(23)16-5-7-17(8-6-16)19-15(3)22/h5-8,13-14H,9-12H2,1-4H3,(H,19,22). The first kappa shape index (κ1) is 18.4. The van der Waals surface area contributed by atoms with Gasteiger partial charge >= 0.3 is 0 Å². The van der Waals surface area contributed by atoms with Crippen molar-refractivity contribution in [2.45, 2.75) is 32.9 Å². The second-order valence-electron chi connectivity index (χ2n) is 6.40. The molecule has 0 aromatic heterocycles. The van der Waals surface area contributed by atoms with Gasteiger partial charge in [0, 0.05) is 57.0 Å². The zero-order chi connectivity index (χ0) is 17.7. The highest BCUT2D eigenvalue weighted by Crippen LogP contribution is 2.19. The first-order valence-electron chi connectivity index (χ1n) is 8.34. The number of ether oxygens (including phenoxy) is 1. The van der Waals surface area contributed by atoms with Crippen molar-refractivity contribution in [2.24, 2.45) is 0 Å². The monoisotopic (exact) mass is 333 g/mol. The number of hydrogen-bond donors (Lipinski definition) is 1. The van der Waals surface area contributed by atoms with Crippen LogP contribution >= 0.6 is 0 Å². The molecule has 1 aromatic carbocycles. The second-order valence-corrected chi connectivity index (χ2v) is 6.40.